The summed E-state index contributed by atoms with van der Waals surface area (Å²) in [5, 5.41) is 4.98. The second kappa shape index (κ2) is 10.6. The van der Waals surface area contributed by atoms with Crippen molar-refractivity contribution in [1.29, 1.82) is 0 Å². The number of likely N-dealkylation sites (N-methyl/N-ethyl adjacent to an activating group) is 1. The Morgan fingerprint density at radius 2 is 1.85 bits per heavy atom. The zero-order chi connectivity index (χ0) is 26.9. The summed E-state index contributed by atoms with van der Waals surface area (Å²) in [6.07, 6.45) is 5.52. The monoisotopic (exact) mass is 544 g/mol. The minimum atomic E-state index is -0.426. The molecular formula is C29H26ClFN6O2. The Morgan fingerprint density at radius 3 is 2.59 bits per heavy atom. The van der Waals surface area contributed by atoms with Gasteiger partial charge < -0.3 is 18.9 Å². The molecule has 1 saturated heterocycles. The van der Waals surface area contributed by atoms with Crippen molar-refractivity contribution in [2.75, 3.05) is 38.1 Å². The Balaban J connectivity index is 1.45. The molecule has 1 aliphatic heterocycles. The zero-order valence-corrected chi connectivity index (χ0v) is 22.1. The average Bonchev–Trinajstić information content (AvgIpc) is 3.40. The number of anilines is 1. The van der Waals surface area contributed by atoms with Crippen molar-refractivity contribution in [1.82, 2.24) is 24.6 Å². The van der Waals surface area contributed by atoms with E-state index in [0.717, 1.165) is 24.2 Å². The molecule has 0 atom stereocenters. The second-order valence-corrected chi connectivity index (χ2v) is 10.2. The lowest BCUT2D eigenvalue weighted by Gasteiger charge is -2.34. The summed E-state index contributed by atoms with van der Waals surface area (Å²) in [5.41, 5.74) is 2.90. The van der Waals surface area contributed by atoms with Crippen molar-refractivity contribution in [2.45, 2.75) is 13.0 Å². The van der Waals surface area contributed by atoms with Crippen LogP contribution in [0.3, 0.4) is 0 Å². The van der Waals surface area contributed by atoms with Gasteiger partial charge in [0.1, 0.15) is 5.82 Å². The third kappa shape index (κ3) is 5.28. The maximum absolute atomic E-state index is 15.5. The zero-order valence-electron chi connectivity index (χ0n) is 21.3. The third-order valence-electron chi connectivity index (χ3n) is 7.05. The van der Waals surface area contributed by atoms with Gasteiger partial charge in [-0.2, -0.15) is 4.98 Å². The molecule has 0 aliphatic carbocycles. The van der Waals surface area contributed by atoms with Crippen LogP contribution in [0.2, 0.25) is 5.02 Å². The topological polar surface area (TPSA) is 80.3 Å². The molecule has 0 N–H and O–H groups in total. The van der Waals surface area contributed by atoms with E-state index in [-0.39, 0.29) is 22.2 Å². The van der Waals surface area contributed by atoms with E-state index < -0.39 is 5.82 Å². The molecule has 0 saturated carbocycles. The van der Waals surface area contributed by atoms with Crippen LogP contribution in [-0.4, -0.2) is 57.8 Å². The van der Waals surface area contributed by atoms with Crippen LogP contribution in [0.5, 0.6) is 0 Å². The van der Waals surface area contributed by atoms with Gasteiger partial charge in [0.25, 0.3) is 0 Å². The Hall–Kier alpha value is -4.08. The number of pyridine rings is 2. The first-order chi connectivity index (χ1) is 18.9. The van der Waals surface area contributed by atoms with E-state index in [2.05, 4.69) is 27.1 Å². The summed E-state index contributed by atoms with van der Waals surface area (Å²) in [6.45, 7) is 3.54. The number of nitrogens with zero attached hydrogens (tertiary/aromatic N) is 6. The molecule has 0 amide bonds. The quantitative estimate of drug-likeness (QED) is 0.308. The van der Waals surface area contributed by atoms with E-state index >= 15 is 4.39 Å². The van der Waals surface area contributed by atoms with Gasteiger partial charge in [-0.05, 0) is 48.5 Å². The summed E-state index contributed by atoms with van der Waals surface area (Å²) >= 11 is 6.10. The minimum absolute atomic E-state index is 0.161. The van der Waals surface area contributed by atoms with Crippen molar-refractivity contribution in [3.63, 3.8) is 0 Å². The molecule has 0 unspecified atom stereocenters. The largest absolute Gasteiger partial charge is 0.367 e. The number of benzene rings is 2. The van der Waals surface area contributed by atoms with Gasteiger partial charge in [-0.1, -0.05) is 35.0 Å². The standard InChI is InChI=1S/C29H26ClFN6O2/c1-35-9-11-36(12-10-35)26-15-25-22(14-24(26)31)28(38)23(18-37(25)17-19-4-6-21(30)7-5-19)29-33-27(39-34-29)13-20-3-2-8-32-16-20/h2-8,14-16,18H,9-13,17H2,1H3. The van der Waals surface area contributed by atoms with Crippen molar-refractivity contribution in [2.24, 2.45) is 0 Å². The fourth-order valence-corrected chi connectivity index (χ4v) is 5.01. The van der Waals surface area contributed by atoms with Crippen LogP contribution < -0.4 is 10.3 Å². The highest BCUT2D eigenvalue weighted by atomic mass is 35.5. The average molecular weight is 545 g/mol. The Bertz CT molecular complexity index is 1680. The summed E-state index contributed by atoms with van der Waals surface area (Å²) in [6, 6.07) is 14.4. The highest BCUT2D eigenvalue weighted by Crippen LogP contribution is 2.28. The molecule has 1 fully saturated rings. The molecule has 10 heteroatoms. The normalized spacial score (nSPS) is 14.3. The lowest BCUT2D eigenvalue weighted by molar-refractivity contribution is 0.312. The molecule has 8 nitrogen and oxygen atoms in total. The van der Waals surface area contributed by atoms with Gasteiger partial charge in [0.15, 0.2) is 0 Å². The molecule has 0 spiro atoms. The predicted octanol–water partition coefficient (Wildman–Crippen LogP) is 4.63. The Kier molecular flexibility index (Phi) is 6.85. The first-order valence-corrected chi connectivity index (χ1v) is 13.1. The Labute approximate surface area is 229 Å². The van der Waals surface area contributed by atoms with Crippen molar-refractivity contribution in [3.8, 4) is 11.4 Å². The summed E-state index contributed by atoms with van der Waals surface area (Å²) in [4.78, 5) is 26.5. The van der Waals surface area contributed by atoms with Crippen LogP contribution in [0.4, 0.5) is 10.1 Å². The molecule has 39 heavy (non-hydrogen) atoms. The van der Waals surface area contributed by atoms with Crippen LogP contribution in [0.25, 0.3) is 22.3 Å². The van der Waals surface area contributed by atoms with Gasteiger partial charge in [0, 0.05) is 61.7 Å². The summed E-state index contributed by atoms with van der Waals surface area (Å²) < 4.78 is 22.9. The maximum Gasteiger partial charge on any atom is 0.231 e. The molecule has 0 bridgehead atoms. The molecule has 198 valence electrons. The van der Waals surface area contributed by atoms with Gasteiger partial charge in [0.05, 0.1) is 23.2 Å². The first kappa shape index (κ1) is 25.2. The summed E-state index contributed by atoms with van der Waals surface area (Å²) in [5.74, 6) is 0.0947. The Morgan fingerprint density at radius 1 is 1.05 bits per heavy atom. The molecule has 4 heterocycles. The first-order valence-electron chi connectivity index (χ1n) is 12.7. The smallest absolute Gasteiger partial charge is 0.231 e. The molecule has 0 radical (unpaired) electrons. The van der Waals surface area contributed by atoms with E-state index in [9.17, 15) is 4.79 Å². The molecule has 2 aromatic carbocycles. The van der Waals surface area contributed by atoms with Crippen LogP contribution in [-0.2, 0) is 13.0 Å². The lowest BCUT2D eigenvalue weighted by Crippen LogP contribution is -2.44. The molecule has 6 rings (SSSR count). The molecular weight excluding hydrogens is 519 g/mol. The van der Waals surface area contributed by atoms with E-state index in [0.29, 0.717) is 48.2 Å². The number of aromatic nitrogens is 4. The third-order valence-corrected chi connectivity index (χ3v) is 7.30. The SMILES string of the molecule is CN1CCN(c2cc3c(cc2F)c(=O)c(-c2noc(Cc4cccnc4)n2)cn3Cc2ccc(Cl)cc2)CC1. The van der Waals surface area contributed by atoms with Gasteiger partial charge in [0.2, 0.25) is 17.1 Å². The van der Waals surface area contributed by atoms with E-state index in [1.165, 1.54) is 6.07 Å². The van der Waals surface area contributed by atoms with Crippen LogP contribution in [0, 0.1) is 5.82 Å². The lowest BCUT2D eigenvalue weighted by atomic mass is 10.1. The second-order valence-electron chi connectivity index (χ2n) is 9.79. The number of piperazine rings is 1. The van der Waals surface area contributed by atoms with Gasteiger partial charge >= 0.3 is 0 Å². The molecule has 3 aromatic heterocycles. The number of rotatable bonds is 6. The van der Waals surface area contributed by atoms with E-state index in [1.807, 2.05) is 45.9 Å². The highest BCUT2D eigenvalue weighted by molar-refractivity contribution is 6.30. The highest BCUT2D eigenvalue weighted by Gasteiger charge is 2.22. The fourth-order valence-electron chi connectivity index (χ4n) is 4.88. The number of hydrogen-bond donors (Lipinski definition) is 0. The fraction of sp³-hybridized carbons (Fsp3) is 0.241. The van der Waals surface area contributed by atoms with E-state index in [4.69, 9.17) is 16.1 Å². The van der Waals surface area contributed by atoms with Gasteiger partial charge in [-0.25, -0.2) is 4.39 Å². The molecule has 5 aromatic rings. The van der Waals surface area contributed by atoms with Crippen molar-refractivity contribution in [3.05, 3.63) is 105 Å². The van der Waals surface area contributed by atoms with Crippen molar-refractivity contribution >= 4 is 28.2 Å². The van der Waals surface area contributed by atoms with Crippen LogP contribution in [0.1, 0.15) is 17.0 Å². The van der Waals surface area contributed by atoms with Gasteiger partial charge in [-0.3, -0.25) is 9.78 Å². The van der Waals surface area contributed by atoms with E-state index in [1.54, 1.807) is 24.7 Å². The maximum atomic E-state index is 15.5. The number of fused-ring (bicyclic) bond motifs is 1. The van der Waals surface area contributed by atoms with Crippen LogP contribution >= 0.6 is 11.6 Å². The van der Waals surface area contributed by atoms with Crippen LogP contribution in [0.15, 0.2) is 76.4 Å². The number of hydrogen-bond acceptors (Lipinski definition) is 7. The number of halogens is 2. The van der Waals surface area contributed by atoms with Gasteiger partial charge in [-0.15, -0.1) is 0 Å². The van der Waals surface area contributed by atoms with Crippen molar-refractivity contribution < 1.29 is 8.91 Å². The summed E-state index contributed by atoms with van der Waals surface area (Å²) in [7, 11) is 2.06. The molecule has 1 aliphatic rings. The predicted molar refractivity (Wildman–Crippen MR) is 149 cm³/mol. The minimum Gasteiger partial charge on any atom is -0.367 e.